The van der Waals surface area contributed by atoms with Crippen molar-refractivity contribution < 1.29 is 5.11 Å². The second kappa shape index (κ2) is 8.04. The van der Waals surface area contributed by atoms with Gasteiger partial charge in [0.1, 0.15) is 0 Å². The third-order valence-corrected chi connectivity index (χ3v) is 3.44. The first-order valence-electron chi connectivity index (χ1n) is 6.83. The Morgan fingerprint density at radius 1 is 1.44 bits per heavy atom. The zero-order valence-corrected chi connectivity index (χ0v) is 10.9. The summed E-state index contributed by atoms with van der Waals surface area (Å²) in [5.41, 5.74) is 0. The SMILES string of the molecule is CCCNCC(C)CN(CCO)C1CCC1. The minimum Gasteiger partial charge on any atom is -0.395 e. The number of nitrogens with zero attached hydrogens (tertiary/aromatic N) is 1. The number of rotatable bonds is 9. The summed E-state index contributed by atoms with van der Waals surface area (Å²) in [5, 5.41) is 12.5. The van der Waals surface area contributed by atoms with Crippen LogP contribution in [0.25, 0.3) is 0 Å². The van der Waals surface area contributed by atoms with E-state index in [-0.39, 0.29) is 0 Å². The molecule has 0 aromatic carbocycles. The number of aliphatic hydroxyl groups is 1. The molecule has 1 unspecified atom stereocenters. The molecule has 0 heterocycles. The van der Waals surface area contributed by atoms with E-state index in [1.165, 1.54) is 25.7 Å². The topological polar surface area (TPSA) is 35.5 Å². The summed E-state index contributed by atoms with van der Waals surface area (Å²) in [6.45, 7) is 8.99. The lowest BCUT2D eigenvalue weighted by Gasteiger charge is -2.38. The standard InChI is InChI=1S/C13H28N2O/c1-3-7-14-10-12(2)11-15(8-9-16)13-5-4-6-13/h12-14,16H,3-11H2,1-2H3. The maximum Gasteiger partial charge on any atom is 0.0558 e. The predicted octanol–water partition coefficient (Wildman–Crippen LogP) is 1.47. The van der Waals surface area contributed by atoms with Crippen LogP contribution in [0.1, 0.15) is 39.5 Å². The quantitative estimate of drug-likeness (QED) is 0.587. The van der Waals surface area contributed by atoms with E-state index < -0.39 is 0 Å². The second-order valence-corrected chi connectivity index (χ2v) is 5.11. The lowest BCUT2D eigenvalue weighted by molar-refractivity contribution is 0.0874. The fourth-order valence-electron chi connectivity index (χ4n) is 2.29. The molecule has 0 bridgehead atoms. The van der Waals surface area contributed by atoms with E-state index in [9.17, 15) is 0 Å². The van der Waals surface area contributed by atoms with E-state index in [0.29, 0.717) is 12.5 Å². The van der Waals surface area contributed by atoms with Crippen LogP contribution in [0.15, 0.2) is 0 Å². The summed E-state index contributed by atoms with van der Waals surface area (Å²) in [4.78, 5) is 2.47. The van der Waals surface area contributed by atoms with Gasteiger partial charge >= 0.3 is 0 Å². The Morgan fingerprint density at radius 3 is 2.69 bits per heavy atom. The first-order chi connectivity index (χ1) is 7.77. The Labute approximate surface area is 100 Å². The minimum absolute atomic E-state index is 0.297. The largest absolute Gasteiger partial charge is 0.395 e. The highest BCUT2D eigenvalue weighted by atomic mass is 16.3. The van der Waals surface area contributed by atoms with Crippen LogP contribution >= 0.6 is 0 Å². The molecule has 0 aromatic heterocycles. The molecule has 1 saturated carbocycles. The van der Waals surface area contributed by atoms with Crippen molar-refractivity contribution in [3.8, 4) is 0 Å². The highest BCUT2D eigenvalue weighted by molar-refractivity contribution is 4.81. The minimum atomic E-state index is 0.297. The lowest BCUT2D eigenvalue weighted by Crippen LogP contribution is -2.45. The van der Waals surface area contributed by atoms with Gasteiger partial charge in [-0.05, 0) is 38.3 Å². The van der Waals surface area contributed by atoms with Gasteiger partial charge in [0.15, 0.2) is 0 Å². The van der Waals surface area contributed by atoms with Gasteiger partial charge in [-0.2, -0.15) is 0 Å². The molecule has 1 aliphatic carbocycles. The second-order valence-electron chi connectivity index (χ2n) is 5.11. The van der Waals surface area contributed by atoms with Gasteiger partial charge in [0, 0.05) is 19.1 Å². The van der Waals surface area contributed by atoms with Gasteiger partial charge in [-0.15, -0.1) is 0 Å². The molecular weight excluding hydrogens is 200 g/mol. The van der Waals surface area contributed by atoms with Gasteiger partial charge in [0.2, 0.25) is 0 Å². The monoisotopic (exact) mass is 228 g/mol. The average Bonchev–Trinajstić information content (AvgIpc) is 2.15. The normalized spacial score (nSPS) is 18.8. The molecule has 1 aliphatic rings. The molecule has 0 spiro atoms. The Balaban J connectivity index is 2.18. The van der Waals surface area contributed by atoms with Crippen LogP contribution in [0.5, 0.6) is 0 Å². The maximum absolute atomic E-state index is 9.07. The maximum atomic E-state index is 9.07. The molecule has 1 rings (SSSR count). The van der Waals surface area contributed by atoms with Crippen molar-refractivity contribution in [1.29, 1.82) is 0 Å². The van der Waals surface area contributed by atoms with Crippen molar-refractivity contribution in [1.82, 2.24) is 10.2 Å². The Hall–Kier alpha value is -0.120. The molecule has 2 N–H and O–H groups in total. The summed E-state index contributed by atoms with van der Waals surface area (Å²) in [6.07, 6.45) is 5.23. The predicted molar refractivity (Wildman–Crippen MR) is 68.6 cm³/mol. The van der Waals surface area contributed by atoms with Crippen molar-refractivity contribution in [3.05, 3.63) is 0 Å². The summed E-state index contributed by atoms with van der Waals surface area (Å²) in [7, 11) is 0. The number of hydrogen-bond acceptors (Lipinski definition) is 3. The number of aliphatic hydroxyl groups excluding tert-OH is 1. The molecule has 1 fully saturated rings. The van der Waals surface area contributed by atoms with Crippen LogP contribution in [-0.2, 0) is 0 Å². The third kappa shape index (κ3) is 4.81. The van der Waals surface area contributed by atoms with E-state index >= 15 is 0 Å². The first kappa shape index (κ1) is 13.9. The molecule has 1 atom stereocenters. The summed E-state index contributed by atoms with van der Waals surface area (Å²) >= 11 is 0. The van der Waals surface area contributed by atoms with Gasteiger partial charge < -0.3 is 10.4 Å². The number of nitrogens with one attached hydrogen (secondary N) is 1. The van der Waals surface area contributed by atoms with Gasteiger partial charge in [-0.1, -0.05) is 20.3 Å². The molecule has 3 heteroatoms. The van der Waals surface area contributed by atoms with E-state index in [1.807, 2.05) is 0 Å². The van der Waals surface area contributed by atoms with Crippen molar-refractivity contribution in [2.45, 2.75) is 45.6 Å². The van der Waals surface area contributed by atoms with Gasteiger partial charge in [0.25, 0.3) is 0 Å². The summed E-state index contributed by atoms with van der Waals surface area (Å²) < 4.78 is 0. The van der Waals surface area contributed by atoms with Crippen LogP contribution in [-0.4, -0.2) is 48.8 Å². The molecule has 0 aliphatic heterocycles. The van der Waals surface area contributed by atoms with E-state index in [1.54, 1.807) is 0 Å². The van der Waals surface area contributed by atoms with Gasteiger partial charge in [0.05, 0.1) is 6.61 Å². The molecule has 0 amide bonds. The van der Waals surface area contributed by atoms with Crippen molar-refractivity contribution in [2.24, 2.45) is 5.92 Å². The summed E-state index contributed by atoms with van der Waals surface area (Å²) in [5.74, 6) is 0.679. The zero-order chi connectivity index (χ0) is 11.8. The Bertz CT molecular complexity index is 171. The van der Waals surface area contributed by atoms with Crippen LogP contribution in [0.2, 0.25) is 0 Å². The molecule has 3 nitrogen and oxygen atoms in total. The van der Waals surface area contributed by atoms with E-state index in [2.05, 4.69) is 24.1 Å². The molecule has 0 aromatic rings. The van der Waals surface area contributed by atoms with Crippen LogP contribution in [0.4, 0.5) is 0 Å². The van der Waals surface area contributed by atoms with E-state index in [0.717, 1.165) is 32.2 Å². The van der Waals surface area contributed by atoms with Crippen molar-refractivity contribution in [2.75, 3.05) is 32.8 Å². The lowest BCUT2D eigenvalue weighted by atomic mass is 9.90. The van der Waals surface area contributed by atoms with Gasteiger partial charge in [-0.3, -0.25) is 4.90 Å². The zero-order valence-electron chi connectivity index (χ0n) is 10.9. The molecule has 16 heavy (non-hydrogen) atoms. The van der Waals surface area contributed by atoms with E-state index in [4.69, 9.17) is 5.11 Å². The smallest absolute Gasteiger partial charge is 0.0558 e. The summed E-state index contributed by atoms with van der Waals surface area (Å²) in [6, 6.07) is 0.751. The molecule has 0 radical (unpaired) electrons. The molecular formula is C13H28N2O. The fraction of sp³-hybridized carbons (Fsp3) is 1.00. The van der Waals surface area contributed by atoms with Crippen LogP contribution < -0.4 is 5.32 Å². The van der Waals surface area contributed by atoms with Crippen molar-refractivity contribution in [3.63, 3.8) is 0 Å². The highest BCUT2D eigenvalue weighted by Crippen LogP contribution is 2.25. The van der Waals surface area contributed by atoms with Crippen LogP contribution in [0.3, 0.4) is 0 Å². The highest BCUT2D eigenvalue weighted by Gasteiger charge is 2.25. The fourth-order valence-corrected chi connectivity index (χ4v) is 2.29. The van der Waals surface area contributed by atoms with Crippen molar-refractivity contribution >= 4 is 0 Å². The average molecular weight is 228 g/mol. The number of hydrogen-bond donors (Lipinski definition) is 2. The van der Waals surface area contributed by atoms with Crippen LogP contribution in [0, 0.1) is 5.92 Å². The molecule has 96 valence electrons. The Kier molecular flexibility index (Phi) is 7.01. The Morgan fingerprint density at radius 2 is 2.19 bits per heavy atom. The molecule has 0 saturated heterocycles. The third-order valence-electron chi connectivity index (χ3n) is 3.44. The van der Waals surface area contributed by atoms with Gasteiger partial charge in [-0.25, -0.2) is 0 Å². The first-order valence-corrected chi connectivity index (χ1v) is 6.83.